The smallest absolute Gasteiger partial charge is 0.255 e. The van der Waals surface area contributed by atoms with E-state index >= 15 is 0 Å². The van der Waals surface area contributed by atoms with Crippen LogP contribution in [0.3, 0.4) is 0 Å². The molecule has 1 saturated heterocycles. The summed E-state index contributed by atoms with van der Waals surface area (Å²) in [5, 5.41) is 0. The second-order valence-corrected chi connectivity index (χ2v) is 6.78. The fraction of sp³-hybridized carbons (Fsp3) is 0.476. The molecule has 1 unspecified atom stereocenters. The zero-order valence-electron chi connectivity index (χ0n) is 16.4. The van der Waals surface area contributed by atoms with E-state index in [1.807, 2.05) is 43.9 Å². The molecular weight excluding hydrogens is 329 g/mol. The normalized spacial score (nSPS) is 20.5. The average molecular weight is 359 g/mol. The van der Waals surface area contributed by atoms with E-state index in [0.29, 0.717) is 6.54 Å². The first kappa shape index (κ1) is 20.2. The molecule has 2 heterocycles. The van der Waals surface area contributed by atoms with Crippen molar-refractivity contribution in [1.82, 2.24) is 14.8 Å². The maximum absolute atomic E-state index is 13.0. The van der Waals surface area contributed by atoms with Crippen LogP contribution < -0.4 is 0 Å². The summed E-state index contributed by atoms with van der Waals surface area (Å²) in [7, 11) is 0. The zero-order chi connectivity index (χ0) is 19.3. The van der Waals surface area contributed by atoms with Gasteiger partial charge in [-0.25, -0.2) is 4.39 Å². The van der Waals surface area contributed by atoms with E-state index in [9.17, 15) is 9.18 Å². The number of H-pyrrole nitrogens is 1. The number of hydrogen-bond donors (Lipinski definition) is 1. The van der Waals surface area contributed by atoms with E-state index in [1.54, 1.807) is 6.20 Å². The van der Waals surface area contributed by atoms with Crippen LogP contribution in [0.4, 0.5) is 4.39 Å². The van der Waals surface area contributed by atoms with Crippen LogP contribution >= 0.6 is 0 Å². The van der Waals surface area contributed by atoms with Crippen molar-refractivity contribution in [3.05, 3.63) is 59.2 Å². The number of nitrogens with one attached hydrogen (secondary N) is 1. The highest BCUT2D eigenvalue weighted by atomic mass is 19.1. The molecule has 26 heavy (non-hydrogen) atoms. The SMILES string of the molecule is CC.Cc1cc(C(=O)N2C[C@H](C)N(Cc3ccc(F)cc3)CC2C)c[nH]1. The number of carbonyl (C=O) groups is 1. The van der Waals surface area contributed by atoms with Crippen molar-refractivity contribution >= 4 is 5.91 Å². The molecule has 1 fully saturated rings. The first-order valence-electron chi connectivity index (χ1n) is 9.38. The number of nitrogens with zero attached hydrogens (tertiary/aromatic N) is 2. The van der Waals surface area contributed by atoms with Crippen LogP contribution in [0.2, 0.25) is 0 Å². The van der Waals surface area contributed by atoms with Gasteiger partial charge in [-0.15, -0.1) is 0 Å². The molecule has 0 bridgehead atoms. The Morgan fingerprint density at radius 1 is 1.15 bits per heavy atom. The Morgan fingerprint density at radius 3 is 2.38 bits per heavy atom. The van der Waals surface area contributed by atoms with Gasteiger partial charge in [-0.2, -0.15) is 0 Å². The molecule has 1 aliphatic heterocycles. The van der Waals surface area contributed by atoms with Crippen molar-refractivity contribution in [3.63, 3.8) is 0 Å². The predicted molar refractivity (Wildman–Crippen MR) is 104 cm³/mol. The molecule has 0 aliphatic carbocycles. The lowest BCUT2D eigenvalue weighted by molar-refractivity contribution is 0.0291. The lowest BCUT2D eigenvalue weighted by atomic mass is 10.1. The third kappa shape index (κ3) is 4.73. The fourth-order valence-corrected chi connectivity index (χ4v) is 3.32. The minimum atomic E-state index is -0.211. The van der Waals surface area contributed by atoms with Crippen molar-refractivity contribution in [1.29, 1.82) is 0 Å². The van der Waals surface area contributed by atoms with Gasteiger partial charge in [0.15, 0.2) is 0 Å². The molecule has 0 spiro atoms. The van der Waals surface area contributed by atoms with E-state index in [2.05, 4.69) is 23.7 Å². The molecule has 3 rings (SSSR count). The van der Waals surface area contributed by atoms with Crippen molar-refractivity contribution in [2.24, 2.45) is 0 Å². The summed E-state index contributed by atoms with van der Waals surface area (Å²) in [4.78, 5) is 20.1. The van der Waals surface area contributed by atoms with Crippen LogP contribution in [0.5, 0.6) is 0 Å². The first-order chi connectivity index (χ1) is 12.4. The zero-order valence-corrected chi connectivity index (χ0v) is 16.4. The number of benzene rings is 1. The molecule has 142 valence electrons. The Labute approximate surface area is 156 Å². The Balaban J connectivity index is 0.00000117. The second-order valence-electron chi connectivity index (χ2n) is 6.78. The number of piperazine rings is 1. The summed E-state index contributed by atoms with van der Waals surface area (Å²) in [6.45, 7) is 12.5. The Hall–Kier alpha value is -2.14. The van der Waals surface area contributed by atoms with E-state index < -0.39 is 0 Å². The summed E-state index contributed by atoms with van der Waals surface area (Å²) in [6, 6.07) is 8.94. The van der Waals surface area contributed by atoms with Gasteiger partial charge >= 0.3 is 0 Å². The summed E-state index contributed by atoms with van der Waals surface area (Å²) >= 11 is 0. The highest BCUT2D eigenvalue weighted by Crippen LogP contribution is 2.20. The number of aryl methyl sites for hydroxylation is 1. The van der Waals surface area contributed by atoms with Gasteiger partial charge in [-0.1, -0.05) is 26.0 Å². The Bertz CT molecular complexity index is 710. The number of rotatable bonds is 3. The highest BCUT2D eigenvalue weighted by Gasteiger charge is 2.32. The predicted octanol–water partition coefficient (Wildman–Crippen LogP) is 4.22. The number of aromatic amines is 1. The molecule has 1 N–H and O–H groups in total. The maximum Gasteiger partial charge on any atom is 0.255 e. The number of carbonyl (C=O) groups excluding carboxylic acids is 1. The van der Waals surface area contributed by atoms with Gasteiger partial charge in [-0.05, 0) is 44.5 Å². The molecule has 1 amide bonds. The largest absolute Gasteiger partial charge is 0.364 e. The summed E-state index contributed by atoms with van der Waals surface area (Å²) in [5.41, 5.74) is 2.81. The van der Waals surface area contributed by atoms with Crippen LogP contribution in [0.25, 0.3) is 0 Å². The first-order valence-corrected chi connectivity index (χ1v) is 9.38. The number of aromatic nitrogens is 1. The highest BCUT2D eigenvalue weighted by molar-refractivity contribution is 5.94. The molecule has 0 radical (unpaired) electrons. The molecule has 5 heteroatoms. The van der Waals surface area contributed by atoms with Crippen LogP contribution in [-0.2, 0) is 6.54 Å². The van der Waals surface area contributed by atoms with Gasteiger partial charge in [0.25, 0.3) is 5.91 Å². The molecule has 0 saturated carbocycles. The molecule has 4 nitrogen and oxygen atoms in total. The van der Waals surface area contributed by atoms with E-state index in [-0.39, 0.29) is 23.8 Å². The van der Waals surface area contributed by atoms with E-state index in [1.165, 1.54) is 12.1 Å². The van der Waals surface area contributed by atoms with Crippen molar-refractivity contribution < 1.29 is 9.18 Å². The Morgan fingerprint density at radius 2 is 1.81 bits per heavy atom. The van der Waals surface area contributed by atoms with Crippen LogP contribution in [-0.4, -0.2) is 45.9 Å². The lowest BCUT2D eigenvalue weighted by Crippen LogP contribution is -2.57. The fourth-order valence-electron chi connectivity index (χ4n) is 3.32. The standard InChI is InChI=1S/C19H24FN3O.C2H6/c1-13-8-17(9-21-13)19(24)23-11-14(2)22(10-15(23)3)12-16-4-6-18(20)7-5-16;1-2/h4-9,14-15,21H,10-12H2,1-3H3;1-2H3/t14-,15?;/m0./s1. The third-order valence-electron chi connectivity index (χ3n) is 4.75. The maximum atomic E-state index is 13.0. The topological polar surface area (TPSA) is 39.3 Å². The number of amides is 1. The van der Waals surface area contributed by atoms with Gasteiger partial charge in [0, 0.05) is 43.6 Å². The monoisotopic (exact) mass is 359 g/mol. The average Bonchev–Trinajstić information content (AvgIpc) is 3.07. The van der Waals surface area contributed by atoms with E-state index in [4.69, 9.17) is 0 Å². The molecule has 1 aliphatic rings. The molecule has 1 aromatic carbocycles. The van der Waals surface area contributed by atoms with Gasteiger partial charge in [0.05, 0.1) is 5.56 Å². The third-order valence-corrected chi connectivity index (χ3v) is 4.75. The quantitative estimate of drug-likeness (QED) is 0.891. The molecule has 2 aromatic rings. The van der Waals surface area contributed by atoms with Crippen molar-refractivity contribution in [3.8, 4) is 0 Å². The molecular formula is C21H30FN3O. The molecule has 2 atom stereocenters. The van der Waals surface area contributed by atoms with Gasteiger partial charge in [-0.3, -0.25) is 9.69 Å². The minimum absolute atomic E-state index is 0.0835. The van der Waals surface area contributed by atoms with Gasteiger partial charge in [0.2, 0.25) is 0 Å². The number of hydrogen-bond acceptors (Lipinski definition) is 2. The number of halogens is 1. The Kier molecular flexibility index (Phi) is 6.98. The molecule has 1 aromatic heterocycles. The van der Waals surface area contributed by atoms with Crippen LogP contribution in [0.1, 0.15) is 49.3 Å². The van der Waals surface area contributed by atoms with E-state index in [0.717, 1.165) is 29.9 Å². The van der Waals surface area contributed by atoms with Gasteiger partial charge in [0.1, 0.15) is 5.82 Å². The second kappa shape index (κ2) is 8.99. The summed E-state index contributed by atoms with van der Waals surface area (Å²) in [6.07, 6.45) is 1.78. The van der Waals surface area contributed by atoms with Gasteiger partial charge < -0.3 is 9.88 Å². The summed E-state index contributed by atoms with van der Waals surface area (Å²) in [5.74, 6) is -0.127. The minimum Gasteiger partial charge on any atom is -0.364 e. The summed E-state index contributed by atoms with van der Waals surface area (Å²) < 4.78 is 13.0. The van der Waals surface area contributed by atoms with Crippen LogP contribution in [0.15, 0.2) is 36.5 Å². The van der Waals surface area contributed by atoms with Crippen LogP contribution in [0, 0.1) is 12.7 Å². The van der Waals surface area contributed by atoms with Crippen molar-refractivity contribution in [2.75, 3.05) is 13.1 Å². The lowest BCUT2D eigenvalue weighted by Gasteiger charge is -2.44. The van der Waals surface area contributed by atoms with Crippen molar-refractivity contribution in [2.45, 2.75) is 53.2 Å².